The Morgan fingerprint density at radius 2 is 1.96 bits per heavy atom. The van der Waals surface area contributed by atoms with E-state index in [1.54, 1.807) is 24.3 Å². The maximum Gasteiger partial charge on any atom is 0.234 e. The van der Waals surface area contributed by atoms with Crippen molar-refractivity contribution in [2.75, 3.05) is 11.1 Å². The van der Waals surface area contributed by atoms with Crippen LogP contribution in [0.3, 0.4) is 0 Å². The average Bonchev–Trinajstić information content (AvgIpc) is 2.48. The molecule has 0 aromatic heterocycles. The van der Waals surface area contributed by atoms with E-state index in [1.165, 1.54) is 19.1 Å². The zero-order valence-corrected chi connectivity index (χ0v) is 14.2. The number of halogens is 2. The van der Waals surface area contributed by atoms with Gasteiger partial charge in [0.2, 0.25) is 5.91 Å². The summed E-state index contributed by atoms with van der Waals surface area (Å²) in [5, 5.41) is 3.36. The average molecular weight is 352 g/mol. The van der Waals surface area contributed by atoms with Crippen molar-refractivity contribution < 1.29 is 14.0 Å². The highest BCUT2D eigenvalue weighted by molar-refractivity contribution is 8.00. The Bertz CT molecular complexity index is 764. The van der Waals surface area contributed by atoms with Gasteiger partial charge in [0.25, 0.3) is 0 Å². The van der Waals surface area contributed by atoms with Crippen LogP contribution in [0, 0.1) is 12.7 Å². The van der Waals surface area contributed by atoms with Crippen LogP contribution in [-0.4, -0.2) is 17.4 Å². The van der Waals surface area contributed by atoms with Gasteiger partial charge < -0.3 is 5.32 Å². The van der Waals surface area contributed by atoms with Gasteiger partial charge in [-0.2, -0.15) is 0 Å². The molecule has 3 nitrogen and oxygen atoms in total. The second-order valence-corrected chi connectivity index (χ2v) is 6.45. The first kappa shape index (κ1) is 17.5. The normalized spacial score (nSPS) is 10.4. The van der Waals surface area contributed by atoms with Crippen molar-refractivity contribution in [1.29, 1.82) is 0 Å². The SMILES string of the molecule is CC(=O)c1ccc(SCC(=O)Nc2ccc(Cl)cc2C)c(F)c1. The number of hydrogen-bond donors (Lipinski definition) is 1. The minimum Gasteiger partial charge on any atom is -0.325 e. The Hall–Kier alpha value is -1.85. The fraction of sp³-hybridized carbons (Fsp3) is 0.176. The molecule has 2 aromatic rings. The van der Waals surface area contributed by atoms with Crippen molar-refractivity contribution >= 4 is 40.7 Å². The number of hydrogen-bond acceptors (Lipinski definition) is 3. The van der Waals surface area contributed by atoms with Crippen molar-refractivity contribution in [2.45, 2.75) is 18.7 Å². The lowest BCUT2D eigenvalue weighted by molar-refractivity contribution is -0.113. The topological polar surface area (TPSA) is 46.2 Å². The maximum atomic E-state index is 13.9. The van der Waals surface area contributed by atoms with Crippen LogP contribution in [0.4, 0.5) is 10.1 Å². The Morgan fingerprint density at radius 1 is 1.22 bits per heavy atom. The lowest BCUT2D eigenvalue weighted by Gasteiger charge is -2.09. The lowest BCUT2D eigenvalue weighted by atomic mass is 10.1. The minimum atomic E-state index is -0.502. The molecule has 0 aliphatic carbocycles. The van der Waals surface area contributed by atoms with E-state index in [0.717, 1.165) is 17.3 Å². The zero-order chi connectivity index (χ0) is 17.0. The van der Waals surface area contributed by atoms with Gasteiger partial charge in [-0.05, 0) is 49.7 Å². The third-order valence-corrected chi connectivity index (χ3v) is 4.44. The quantitative estimate of drug-likeness (QED) is 0.626. The van der Waals surface area contributed by atoms with Crippen molar-refractivity contribution in [3.05, 3.63) is 58.4 Å². The molecule has 0 spiro atoms. The Balaban J connectivity index is 1.98. The highest BCUT2D eigenvalue weighted by Gasteiger charge is 2.10. The molecule has 2 rings (SSSR count). The number of nitrogens with one attached hydrogen (secondary N) is 1. The van der Waals surface area contributed by atoms with Gasteiger partial charge in [-0.1, -0.05) is 17.7 Å². The van der Waals surface area contributed by atoms with Crippen molar-refractivity contribution in [3.8, 4) is 0 Å². The summed E-state index contributed by atoms with van der Waals surface area (Å²) >= 11 is 6.94. The smallest absolute Gasteiger partial charge is 0.234 e. The van der Waals surface area contributed by atoms with Crippen molar-refractivity contribution in [2.24, 2.45) is 0 Å². The Labute approximate surface area is 143 Å². The number of aryl methyl sites for hydroxylation is 1. The van der Waals surface area contributed by atoms with Gasteiger partial charge >= 0.3 is 0 Å². The molecule has 1 N–H and O–H groups in total. The molecular formula is C17H15ClFNO2S. The fourth-order valence-corrected chi connectivity index (χ4v) is 2.88. The number of thioether (sulfide) groups is 1. The van der Waals surface area contributed by atoms with Gasteiger partial charge in [0.05, 0.1) is 5.75 Å². The van der Waals surface area contributed by atoms with E-state index >= 15 is 0 Å². The number of ketones is 1. The molecule has 0 radical (unpaired) electrons. The molecule has 0 bridgehead atoms. The monoisotopic (exact) mass is 351 g/mol. The largest absolute Gasteiger partial charge is 0.325 e. The first-order valence-corrected chi connectivity index (χ1v) is 8.22. The first-order chi connectivity index (χ1) is 10.9. The molecule has 0 heterocycles. The number of anilines is 1. The van der Waals surface area contributed by atoms with E-state index in [9.17, 15) is 14.0 Å². The number of amides is 1. The predicted octanol–water partition coefficient (Wildman–Crippen LogP) is 4.72. The molecule has 0 aliphatic rings. The molecule has 120 valence electrons. The molecule has 0 unspecified atom stereocenters. The van der Waals surface area contributed by atoms with Gasteiger partial charge in [-0.15, -0.1) is 11.8 Å². The van der Waals surface area contributed by atoms with Gasteiger partial charge in [0.15, 0.2) is 5.78 Å². The van der Waals surface area contributed by atoms with E-state index < -0.39 is 5.82 Å². The molecule has 0 saturated heterocycles. The van der Waals surface area contributed by atoms with Crippen LogP contribution in [0.5, 0.6) is 0 Å². The van der Waals surface area contributed by atoms with Gasteiger partial charge in [-0.25, -0.2) is 4.39 Å². The fourth-order valence-electron chi connectivity index (χ4n) is 1.93. The molecule has 0 saturated carbocycles. The summed E-state index contributed by atoms with van der Waals surface area (Å²) in [6.07, 6.45) is 0. The summed E-state index contributed by atoms with van der Waals surface area (Å²) in [7, 11) is 0. The van der Waals surface area contributed by atoms with E-state index in [4.69, 9.17) is 11.6 Å². The standard InChI is InChI=1S/C17H15ClFNO2S/c1-10-7-13(18)4-5-15(10)20-17(22)9-23-16-6-3-12(11(2)21)8-14(16)19/h3-8H,9H2,1-2H3,(H,20,22). The van der Waals surface area contributed by atoms with E-state index in [2.05, 4.69) is 5.32 Å². The molecule has 0 atom stereocenters. The maximum absolute atomic E-state index is 13.9. The number of carbonyl (C=O) groups excluding carboxylic acids is 2. The summed E-state index contributed by atoms with van der Waals surface area (Å²) in [4.78, 5) is 23.5. The van der Waals surface area contributed by atoms with E-state index in [-0.39, 0.29) is 17.4 Å². The minimum absolute atomic E-state index is 0.0679. The number of carbonyl (C=O) groups is 2. The predicted molar refractivity (Wildman–Crippen MR) is 91.9 cm³/mol. The Kier molecular flexibility index (Phi) is 5.80. The molecule has 1 amide bonds. The van der Waals surface area contributed by atoms with Crippen LogP contribution >= 0.6 is 23.4 Å². The number of Topliss-reactive ketones (excluding diaryl/α,β-unsaturated/α-hetero) is 1. The third kappa shape index (κ3) is 4.81. The molecule has 2 aromatic carbocycles. The van der Waals surface area contributed by atoms with Gasteiger partial charge in [0, 0.05) is 21.2 Å². The molecule has 0 aliphatic heterocycles. The van der Waals surface area contributed by atoms with Crippen LogP contribution in [0.1, 0.15) is 22.8 Å². The molecular weight excluding hydrogens is 337 g/mol. The number of rotatable bonds is 5. The molecule has 6 heteroatoms. The van der Waals surface area contributed by atoms with Crippen LogP contribution in [-0.2, 0) is 4.79 Å². The second-order valence-electron chi connectivity index (χ2n) is 5.00. The lowest BCUT2D eigenvalue weighted by Crippen LogP contribution is -2.14. The van der Waals surface area contributed by atoms with E-state index in [1.807, 2.05) is 6.92 Å². The summed E-state index contributed by atoms with van der Waals surface area (Å²) < 4.78 is 13.9. The number of benzene rings is 2. The van der Waals surface area contributed by atoms with Crippen molar-refractivity contribution in [3.63, 3.8) is 0 Å². The Morgan fingerprint density at radius 3 is 2.57 bits per heavy atom. The molecule has 0 fully saturated rings. The molecule has 23 heavy (non-hydrogen) atoms. The van der Waals surface area contributed by atoms with E-state index in [0.29, 0.717) is 21.2 Å². The van der Waals surface area contributed by atoms with Gasteiger partial charge in [-0.3, -0.25) is 9.59 Å². The summed E-state index contributed by atoms with van der Waals surface area (Å²) in [5.41, 5.74) is 1.84. The van der Waals surface area contributed by atoms with Crippen LogP contribution < -0.4 is 5.32 Å². The summed E-state index contributed by atoms with van der Waals surface area (Å²) in [6, 6.07) is 9.42. The highest BCUT2D eigenvalue weighted by atomic mass is 35.5. The highest BCUT2D eigenvalue weighted by Crippen LogP contribution is 2.24. The third-order valence-electron chi connectivity index (χ3n) is 3.16. The van der Waals surface area contributed by atoms with Crippen molar-refractivity contribution in [1.82, 2.24) is 0 Å². The first-order valence-electron chi connectivity index (χ1n) is 6.86. The summed E-state index contributed by atoms with van der Waals surface area (Å²) in [6.45, 7) is 3.22. The summed E-state index contributed by atoms with van der Waals surface area (Å²) in [5.74, 6) is -0.872. The van der Waals surface area contributed by atoms with Crippen LogP contribution in [0.2, 0.25) is 5.02 Å². The van der Waals surface area contributed by atoms with Crippen LogP contribution in [0.15, 0.2) is 41.3 Å². The zero-order valence-electron chi connectivity index (χ0n) is 12.7. The van der Waals surface area contributed by atoms with Gasteiger partial charge in [0.1, 0.15) is 5.82 Å². The van der Waals surface area contributed by atoms with Crippen LogP contribution in [0.25, 0.3) is 0 Å². The second kappa shape index (κ2) is 7.62.